The predicted molar refractivity (Wildman–Crippen MR) is 85.3 cm³/mol. The van der Waals surface area contributed by atoms with Gasteiger partial charge < -0.3 is 10.4 Å². The van der Waals surface area contributed by atoms with Crippen molar-refractivity contribution in [1.82, 2.24) is 0 Å². The molecule has 0 bridgehead atoms. The lowest BCUT2D eigenvalue weighted by Crippen LogP contribution is -2.15. The lowest BCUT2D eigenvalue weighted by molar-refractivity contribution is -0.113. The van der Waals surface area contributed by atoms with E-state index < -0.39 is 5.97 Å². The summed E-state index contributed by atoms with van der Waals surface area (Å²) in [4.78, 5) is 34.5. The first-order valence-electron chi connectivity index (χ1n) is 6.41. The van der Waals surface area contributed by atoms with Crippen LogP contribution in [0.4, 0.5) is 5.69 Å². The number of nitrogens with one attached hydrogen (secondary N) is 1. The summed E-state index contributed by atoms with van der Waals surface area (Å²) in [5.74, 6) is -1.47. The molecule has 0 unspecified atom stereocenters. The fraction of sp³-hybridized carbons (Fsp3) is 0.0625. The van der Waals surface area contributed by atoms with Crippen molar-refractivity contribution in [2.24, 2.45) is 0 Å². The van der Waals surface area contributed by atoms with Gasteiger partial charge in [-0.1, -0.05) is 48.2 Å². The van der Waals surface area contributed by atoms with Crippen molar-refractivity contribution < 1.29 is 19.5 Å². The number of hydrogen-bond acceptors (Lipinski definition) is 4. The molecule has 0 saturated carbocycles. The first-order valence-corrected chi connectivity index (χ1v) is 7.40. The minimum atomic E-state index is -1.07. The molecule has 5 nitrogen and oxygen atoms in total. The third kappa shape index (κ3) is 4.46. The van der Waals surface area contributed by atoms with Gasteiger partial charge in [0.2, 0.25) is 11.0 Å². The largest absolute Gasteiger partial charge is 0.478 e. The molecule has 1 amide bonds. The predicted octanol–water partition coefficient (Wildman–Crippen LogP) is 2.90. The van der Waals surface area contributed by atoms with E-state index in [1.165, 1.54) is 12.1 Å². The number of hydrogen-bond donors (Lipinski definition) is 2. The number of carbonyl (C=O) groups excluding carboxylic acids is 2. The second-order valence-electron chi connectivity index (χ2n) is 4.38. The fourth-order valence-electron chi connectivity index (χ4n) is 1.72. The van der Waals surface area contributed by atoms with Crippen LogP contribution in [0.5, 0.6) is 0 Å². The molecule has 112 valence electrons. The molecule has 0 spiro atoms. The van der Waals surface area contributed by atoms with Crippen molar-refractivity contribution in [1.29, 1.82) is 0 Å². The second kappa shape index (κ2) is 7.42. The Morgan fingerprint density at radius 1 is 0.955 bits per heavy atom. The fourth-order valence-corrected chi connectivity index (χ4v) is 2.35. The molecule has 0 atom stereocenters. The van der Waals surface area contributed by atoms with Gasteiger partial charge in [0.1, 0.15) is 0 Å². The molecule has 0 heterocycles. The summed E-state index contributed by atoms with van der Waals surface area (Å²) in [6.07, 6.45) is 0. The molecular weight excluding hydrogens is 302 g/mol. The Kier molecular flexibility index (Phi) is 5.32. The maximum absolute atomic E-state index is 11.9. The van der Waals surface area contributed by atoms with Gasteiger partial charge in [-0.3, -0.25) is 9.59 Å². The third-order valence-corrected chi connectivity index (χ3v) is 3.64. The Labute approximate surface area is 131 Å². The molecule has 2 aromatic carbocycles. The summed E-state index contributed by atoms with van der Waals surface area (Å²) in [5.41, 5.74) is 1.01. The van der Waals surface area contributed by atoms with Crippen molar-refractivity contribution in [3.05, 3.63) is 65.7 Å². The van der Waals surface area contributed by atoms with E-state index in [0.717, 1.165) is 11.8 Å². The molecule has 6 heteroatoms. The minimum Gasteiger partial charge on any atom is -0.478 e. The van der Waals surface area contributed by atoms with Crippen LogP contribution in [-0.4, -0.2) is 27.9 Å². The average Bonchev–Trinajstić information content (AvgIpc) is 2.53. The Balaban J connectivity index is 1.89. The summed E-state index contributed by atoms with van der Waals surface area (Å²) in [7, 11) is 0. The number of carboxylic acid groups (broad SMARTS) is 1. The highest BCUT2D eigenvalue weighted by atomic mass is 32.2. The van der Waals surface area contributed by atoms with Gasteiger partial charge in [-0.2, -0.15) is 0 Å². The maximum atomic E-state index is 11.9. The number of amides is 1. The topological polar surface area (TPSA) is 83.5 Å². The van der Waals surface area contributed by atoms with Crippen molar-refractivity contribution in [3.8, 4) is 0 Å². The van der Waals surface area contributed by atoms with E-state index in [1.54, 1.807) is 36.4 Å². The van der Waals surface area contributed by atoms with E-state index in [9.17, 15) is 14.4 Å². The van der Waals surface area contributed by atoms with E-state index in [0.29, 0.717) is 11.3 Å². The minimum absolute atomic E-state index is 0.0367. The molecule has 0 fully saturated rings. The molecule has 2 aromatic rings. The summed E-state index contributed by atoms with van der Waals surface area (Å²) in [5, 5.41) is 11.3. The first kappa shape index (κ1) is 15.8. The zero-order valence-electron chi connectivity index (χ0n) is 11.5. The van der Waals surface area contributed by atoms with Gasteiger partial charge in [0, 0.05) is 11.3 Å². The zero-order chi connectivity index (χ0) is 15.9. The smallest absolute Gasteiger partial charge is 0.335 e. The molecule has 0 saturated heterocycles. The van der Waals surface area contributed by atoms with Crippen LogP contribution in [0.15, 0.2) is 54.6 Å². The summed E-state index contributed by atoms with van der Waals surface area (Å²) < 4.78 is 0. The van der Waals surface area contributed by atoms with Crippen molar-refractivity contribution in [2.45, 2.75) is 0 Å². The maximum Gasteiger partial charge on any atom is 0.335 e. The number of benzene rings is 2. The van der Waals surface area contributed by atoms with Crippen molar-refractivity contribution >= 4 is 34.4 Å². The van der Waals surface area contributed by atoms with Crippen molar-refractivity contribution in [3.63, 3.8) is 0 Å². The van der Waals surface area contributed by atoms with Crippen LogP contribution in [0.1, 0.15) is 20.7 Å². The second-order valence-corrected chi connectivity index (χ2v) is 5.32. The van der Waals surface area contributed by atoms with Crippen LogP contribution in [0.2, 0.25) is 0 Å². The van der Waals surface area contributed by atoms with Gasteiger partial charge in [-0.25, -0.2) is 4.79 Å². The van der Waals surface area contributed by atoms with Gasteiger partial charge in [-0.15, -0.1) is 0 Å². The quantitative estimate of drug-likeness (QED) is 0.886. The highest BCUT2D eigenvalue weighted by Gasteiger charge is 2.10. The number of thioether (sulfide) groups is 1. The molecule has 0 radical (unpaired) electrons. The Hall–Kier alpha value is -2.60. The standard InChI is InChI=1S/C16H13NO4S/c18-14(10-22-16(21)11-5-2-1-3-6-11)17-13-8-4-7-12(9-13)15(19)20/h1-9H,10H2,(H,17,18)(H,19,20). The van der Waals surface area contributed by atoms with Gasteiger partial charge in [0.15, 0.2) is 0 Å². The Bertz CT molecular complexity index is 700. The van der Waals surface area contributed by atoms with Crippen LogP contribution in [-0.2, 0) is 4.79 Å². The van der Waals surface area contributed by atoms with Crippen molar-refractivity contribution in [2.75, 3.05) is 11.1 Å². The SMILES string of the molecule is O=C(CSC(=O)c1ccccc1)Nc1cccc(C(=O)O)c1. The van der Waals surface area contributed by atoms with E-state index in [2.05, 4.69) is 5.32 Å². The highest BCUT2D eigenvalue weighted by Crippen LogP contribution is 2.14. The zero-order valence-corrected chi connectivity index (χ0v) is 12.3. The molecule has 0 aliphatic rings. The summed E-state index contributed by atoms with van der Waals surface area (Å²) >= 11 is 0.900. The number of carbonyl (C=O) groups is 3. The van der Waals surface area contributed by atoms with E-state index in [4.69, 9.17) is 5.11 Å². The normalized spacial score (nSPS) is 10.0. The highest BCUT2D eigenvalue weighted by molar-refractivity contribution is 8.14. The molecule has 22 heavy (non-hydrogen) atoms. The number of aromatic carboxylic acids is 1. The number of anilines is 1. The monoisotopic (exact) mass is 315 g/mol. The molecule has 0 aromatic heterocycles. The van der Waals surface area contributed by atoms with Gasteiger partial charge in [0.05, 0.1) is 11.3 Å². The first-order chi connectivity index (χ1) is 10.6. The van der Waals surface area contributed by atoms with E-state index in [1.807, 2.05) is 6.07 Å². The number of carboxylic acids is 1. The summed E-state index contributed by atoms with van der Waals surface area (Å²) in [6, 6.07) is 14.6. The lowest BCUT2D eigenvalue weighted by Gasteiger charge is -2.05. The lowest BCUT2D eigenvalue weighted by atomic mass is 10.2. The Morgan fingerprint density at radius 3 is 2.32 bits per heavy atom. The molecule has 2 N–H and O–H groups in total. The van der Waals surface area contributed by atoms with E-state index in [-0.39, 0.29) is 22.3 Å². The van der Waals surface area contributed by atoms with Crippen LogP contribution < -0.4 is 5.32 Å². The van der Waals surface area contributed by atoms with Crippen LogP contribution in [0, 0.1) is 0 Å². The van der Waals surface area contributed by atoms with Gasteiger partial charge >= 0.3 is 5.97 Å². The van der Waals surface area contributed by atoms with Crippen LogP contribution >= 0.6 is 11.8 Å². The van der Waals surface area contributed by atoms with Gasteiger partial charge in [-0.05, 0) is 18.2 Å². The van der Waals surface area contributed by atoms with Crippen LogP contribution in [0.3, 0.4) is 0 Å². The molecule has 0 aliphatic carbocycles. The Morgan fingerprint density at radius 2 is 1.64 bits per heavy atom. The molecular formula is C16H13NO4S. The van der Waals surface area contributed by atoms with Gasteiger partial charge in [0.25, 0.3) is 0 Å². The molecule has 2 rings (SSSR count). The molecule has 0 aliphatic heterocycles. The summed E-state index contributed by atoms with van der Waals surface area (Å²) in [6.45, 7) is 0. The average molecular weight is 315 g/mol. The third-order valence-electron chi connectivity index (χ3n) is 2.74. The number of rotatable bonds is 5. The van der Waals surface area contributed by atoms with E-state index >= 15 is 0 Å². The van der Waals surface area contributed by atoms with Crippen LogP contribution in [0.25, 0.3) is 0 Å².